The molecular formula is C14H19N3S. The topological polar surface area (TPSA) is 28.2 Å². The summed E-state index contributed by atoms with van der Waals surface area (Å²) in [5.74, 6) is 1.14. The number of fused-ring (bicyclic) bond motifs is 1. The zero-order valence-electron chi connectivity index (χ0n) is 10.7. The van der Waals surface area contributed by atoms with Crippen molar-refractivity contribution in [2.45, 2.75) is 25.8 Å². The lowest BCUT2D eigenvalue weighted by Gasteiger charge is -2.26. The largest absolute Gasteiger partial charge is 0.355 e. The first-order valence-electron chi connectivity index (χ1n) is 6.69. The molecule has 1 saturated heterocycles. The monoisotopic (exact) mass is 261 g/mol. The predicted octanol–water partition coefficient (Wildman–Crippen LogP) is 2.87. The first kappa shape index (κ1) is 11.9. The van der Waals surface area contributed by atoms with Crippen LogP contribution in [0.25, 0.3) is 10.1 Å². The van der Waals surface area contributed by atoms with Crippen LogP contribution in [-0.4, -0.2) is 30.7 Å². The van der Waals surface area contributed by atoms with Gasteiger partial charge in [0.1, 0.15) is 5.82 Å². The molecule has 1 aliphatic heterocycles. The Labute approximate surface area is 112 Å². The van der Waals surface area contributed by atoms with E-state index in [0.29, 0.717) is 6.04 Å². The van der Waals surface area contributed by atoms with E-state index in [1.165, 1.54) is 22.9 Å². The van der Waals surface area contributed by atoms with E-state index >= 15 is 0 Å². The van der Waals surface area contributed by atoms with Crippen molar-refractivity contribution in [3.05, 3.63) is 23.7 Å². The number of hydrogen-bond donors (Lipinski definition) is 1. The van der Waals surface area contributed by atoms with Gasteiger partial charge in [0.25, 0.3) is 0 Å². The fourth-order valence-corrected chi connectivity index (χ4v) is 3.45. The first-order valence-corrected chi connectivity index (χ1v) is 7.57. The molecular weight excluding hydrogens is 242 g/mol. The minimum Gasteiger partial charge on any atom is -0.355 e. The lowest BCUT2D eigenvalue weighted by Crippen LogP contribution is -2.38. The highest BCUT2D eigenvalue weighted by molar-refractivity contribution is 7.17. The summed E-state index contributed by atoms with van der Waals surface area (Å²) in [6.07, 6.45) is 4.52. The Kier molecular flexibility index (Phi) is 3.48. The van der Waals surface area contributed by atoms with Gasteiger partial charge in [0, 0.05) is 35.4 Å². The lowest BCUT2D eigenvalue weighted by molar-refractivity contribution is 0.585. The van der Waals surface area contributed by atoms with Crippen LogP contribution in [0.15, 0.2) is 23.7 Å². The summed E-state index contributed by atoms with van der Waals surface area (Å²) in [4.78, 5) is 7.00. The summed E-state index contributed by atoms with van der Waals surface area (Å²) in [5, 5.41) is 7.01. The summed E-state index contributed by atoms with van der Waals surface area (Å²) >= 11 is 1.79. The number of thiophene rings is 1. The Hall–Kier alpha value is -1.13. The van der Waals surface area contributed by atoms with E-state index in [4.69, 9.17) is 0 Å². The SMILES string of the molecule is CCN(CC1CCCN1)c1nccc2sccc12. The second-order valence-corrected chi connectivity index (χ2v) is 5.75. The average molecular weight is 261 g/mol. The Morgan fingerprint density at radius 2 is 2.44 bits per heavy atom. The fraction of sp³-hybridized carbons (Fsp3) is 0.500. The quantitative estimate of drug-likeness (QED) is 0.917. The minimum atomic E-state index is 0.626. The summed E-state index contributed by atoms with van der Waals surface area (Å²) in [7, 11) is 0. The van der Waals surface area contributed by atoms with Crippen LogP contribution < -0.4 is 10.2 Å². The van der Waals surface area contributed by atoms with Gasteiger partial charge < -0.3 is 10.2 Å². The van der Waals surface area contributed by atoms with Gasteiger partial charge in [-0.05, 0) is 43.8 Å². The molecule has 2 aromatic rings. The second-order valence-electron chi connectivity index (χ2n) is 4.80. The number of anilines is 1. The van der Waals surface area contributed by atoms with E-state index in [9.17, 15) is 0 Å². The summed E-state index contributed by atoms with van der Waals surface area (Å²) < 4.78 is 1.33. The molecule has 0 bridgehead atoms. The third-order valence-corrected chi connectivity index (χ3v) is 4.53. The number of hydrogen-bond acceptors (Lipinski definition) is 4. The molecule has 1 aliphatic rings. The van der Waals surface area contributed by atoms with Crippen molar-refractivity contribution in [1.82, 2.24) is 10.3 Å². The van der Waals surface area contributed by atoms with Crippen molar-refractivity contribution in [3.63, 3.8) is 0 Å². The summed E-state index contributed by atoms with van der Waals surface area (Å²) in [5.41, 5.74) is 0. The molecule has 18 heavy (non-hydrogen) atoms. The number of likely N-dealkylation sites (N-methyl/N-ethyl adjacent to an activating group) is 1. The van der Waals surface area contributed by atoms with Crippen LogP contribution in [0, 0.1) is 0 Å². The maximum Gasteiger partial charge on any atom is 0.137 e. The molecule has 3 heterocycles. The molecule has 2 aromatic heterocycles. The van der Waals surface area contributed by atoms with Crippen LogP contribution in [-0.2, 0) is 0 Å². The number of aromatic nitrogens is 1. The molecule has 96 valence electrons. The molecule has 4 heteroatoms. The minimum absolute atomic E-state index is 0.626. The van der Waals surface area contributed by atoms with Crippen LogP contribution in [0.5, 0.6) is 0 Å². The fourth-order valence-electron chi connectivity index (χ4n) is 2.68. The van der Waals surface area contributed by atoms with Gasteiger partial charge in [-0.25, -0.2) is 4.98 Å². The highest BCUT2D eigenvalue weighted by atomic mass is 32.1. The van der Waals surface area contributed by atoms with Crippen molar-refractivity contribution in [1.29, 1.82) is 0 Å². The molecule has 0 aromatic carbocycles. The Morgan fingerprint density at radius 1 is 1.50 bits per heavy atom. The van der Waals surface area contributed by atoms with Crippen molar-refractivity contribution in [3.8, 4) is 0 Å². The van der Waals surface area contributed by atoms with Crippen molar-refractivity contribution in [2.75, 3.05) is 24.5 Å². The van der Waals surface area contributed by atoms with Gasteiger partial charge in [0.2, 0.25) is 0 Å². The zero-order chi connectivity index (χ0) is 12.4. The maximum atomic E-state index is 4.60. The van der Waals surface area contributed by atoms with E-state index in [2.05, 4.69) is 39.6 Å². The molecule has 0 saturated carbocycles. The van der Waals surface area contributed by atoms with Crippen LogP contribution in [0.3, 0.4) is 0 Å². The number of nitrogens with one attached hydrogen (secondary N) is 1. The van der Waals surface area contributed by atoms with Crippen LogP contribution in [0.1, 0.15) is 19.8 Å². The standard InChI is InChI=1S/C14H19N3S/c1-2-17(10-11-4-3-7-15-11)14-12-6-9-18-13(12)5-8-16-14/h5-6,8-9,11,15H,2-4,7,10H2,1H3. The third kappa shape index (κ3) is 2.22. The second kappa shape index (κ2) is 5.24. The van der Waals surface area contributed by atoms with E-state index in [1.807, 2.05) is 6.20 Å². The molecule has 0 amide bonds. The maximum absolute atomic E-state index is 4.60. The van der Waals surface area contributed by atoms with E-state index in [1.54, 1.807) is 11.3 Å². The third-order valence-electron chi connectivity index (χ3n) is 3.64. The van der Waals surface area contributed by atoms with E-state index in [0.717, 1.165) is 25.5 Å². The smallest absolute Gasteiger partial charge is 0.137 e. The molecule has 1 N–H and O–H groups in total. The van der Waals surface area contributed by atoms with Gasteiger partial charge in [0.05, 0.1) is 0 Å². The van der Waals surface area contributed by atoms with Gasteiger partial charge in [-0.3, -0.25) is 0 Å². The molecule has 0 radical (unpaired) electrons. The summed E-state index contributed by atoms with van der Waals surface area (Å²) in [6.45, 7) is 5.46. The normalized spacial score (nSPS) is 19.5. The molecule has 0 aliphatic carbocycles. The predicted molar refractivity (Wildman–Crippen MR) is 78.5 cm³/mol. The number of rotatable bonds is 4. The van der Waals surface area contributed by atoms with Gasteiger partial charge in [-0.2, -0.15) is 0 Å². The Bertz CT molecular complexity index is 516. The van der Waals surface area contributed by atoms with Crippen LogP contribution in [0.2, 0.25) is 0 Å². The van der Waals surface area contributed by atoms with E-state index in [-0.39, 0.29) is 0 Å². The van der Waals surface area contributed by atoms with Crippen LogP contribution in [0.4, 0.5) is 5.82 Å². The number of pyridine rings is 1. The van der Waals surface area contributed by atoms with Crippen molar-refractivity contribution >= 4 is 27.2 Å². The van der Waals surface area contributed by atoms with E-state index < -0.39 is 0 Å². The molecule has 1 fully saturated rings. The van der Waals surface area contributed by atoms with Crippen LogP contribution >= 0.6 is 11.3 Å². The molecule has 1 atom stereocenters. The van der Waals surface area contributed by atoms with Gasteiger partial charge in [0.15, 0.2) is 0 Å². The molecule has 3 rings (SSSR count). The van der Waals surface area contributed by atoms with Gasteiger partial charge in [-0.15, -0.1) is 11.3 Å². The Balaban J connectivity index is 1.87. The highest BCUT2D eigenvalue weighted by Crippen LogP contribution is 2.28. The van der Waals surface area contributed by atoms with Gasteiger partial charge in [-0.1, -0.05) is 0 Å². The van der Waals surface area contributed by atoms with Crippen molar-refractivity contribution < 1.29 is 0 Å². The van der Waals surface area contributed by atoms with Gasteiger partial charge >= 0.3 is 0 Å². The molecule has 0 spiro atoms. The Morgan fingerprint density at radius 3 is 3.22 bits per heavy atom. The average Bonchev–Trinajstić information content (AvgIpc) is 3.06. The zero-order valence-corrected chi connectivity index (χ0v) is 11.5. The summed E-state index contributed by atoms with van der Waals surface area (Å²) in [6, 6.07) is 4.92. The molecule has 1 unspecified atom stereocenters. The molecule has 3 nitrogen and oxygen atoms in total. The highest BCUT2D eigenvalue weighted by Gasteiger charge is 2.19. The lowest BCUT2D eigenvalue weighted by atomic mass is 10.2. The number of nitrogens with zero attached hydrogens (tertiary/aromatic N) is 2. The first-order chi connectivity index (χ1) is 8.88. The van der Waals surface area contributed by atoms with Crippen molar-refractivity contribution in [2.24, 2.45) is 0 Å².